The second-order valence-electron chi connectivity index (χ2n) is 7.05. The van der Waals surface area contributed by atoms with Crippen LogP contribution in [0.3, 0.4) is 0 Å². The van der Waals surface area contributed by atoms with Crippen LogP contribution in [-0.4, -0.2) is 29.9 Å². The van der Waals surface area contributed by atoms with Crippen molar-refractivity contribution < 1.29 is 14.0 Å². The lowest BCUT2D eigenvalue weighted by Gasteiger charge is -2.20. The Labute approximate surface area is 164 Å². The molecule has 3 amide bonds. The Morgan fingerprint density at radius 1 is 0.857 bits per heavy atom. The van der Waals surface area contributed by atoms with Crippen molar-refractivity contribution in [2.24, 2.45) is 0 Å². The molecule has 2 N–H and O–H groups in total. The molecule has 148 valence electrons. The van der Waals surface area contributed by atoms with Crippen LogP contribution in [0.5, 0.6) is 0 Å². The average molecular weight is 383 g/mol. The first-order chi connectivity index (χ1) is 13.6. The number of aryl methyl sites for hydroxylation is 1. The van der Waals surface area contributed by atoms with Gasteiger partial charge in [0.15, 0.2) is 0 Å². The average Bonchev–Trinajstić information content (AvgIpc) is 2.98. The van der Waals surface area contributed by atoms with E-state index >= 15 is 0 Å². The number of nitrogens with one attached hydrogen (secondary N) is 2. The molecule has 2 aromatic rings. The number of rotatable bonds is 5. The Morgan fingerprint density at radius 3 is 2.11 bits per heavy atom. The number of nitrogens with zero attached hydrogens (tertiary/aromatic N) is 1. The summed E-state index contributed by atoms with van der Waals surface area (Å²) in [6.45, 7) is 1.59. The number of likely N-dealkylation sites (tertiary alicyclic amines) is 1. The maximum atomic E-state index is 13.6. The van der Waals surface area contributed by atoms with Crippen LogP contribution in [0.2, 0.25) is 0 Å². The standard InChI is InChI=1S/C22H26FN3O2/c23-20-8-4-3-7-17(20)9-14-21(27)24-18-10-12-19(13-11-18)25-22(28)26-15-5-1-2-6-16-26/h3-4,7-8,10-13H,1-2,5-6,9,14-16H2,(H,24,27)(H,25,28). The molecule has 0 aliphatic carbocycles. The van der Waals surface area contributed by atoms with E-state index in [9.17, 15) is 14.0 Å². The Kier molecular flexibility index (Phi) is 7.00. The molecule has 3 rings (SSSR count). The summed E-state index contributed by atoms with van der Waals surface area (Å²) in [5.74, 6) is -0.468. The number of carbonyl (C=O) groups excluding carboxylic acids is 2. The summed E-state index contributed by atoms with van der Waals surface area (Å²) in [6.07, 6.45) is 5.00. The zero-order valence-electron chi connectivity index (χ0n) is 15.9. The van der Waals surface area contributed by atoms with Crippen LogP contribution in [0.4, 0.5) is 20.6 Å². The molecule has 1 fully saturated rings. The molecule has 0 saturated carbocycles. The van der Waals surface area contributed by atoms with E-state index in [1.807, 2.05) is 4.90 Å². The van der Waals surface area contributed by atoms with Crippen LogP contribution in [0.15, 0.2) is 48.5 Å². The van der Waals surface area contributed by atoms with Gasteiger partial charge in [0.25, 0.3) is 0 Å². The van der Waals surface area contributed by atoms with Gasteiger partial charge in [-0.2, -0.15) is 0 Å². The van der Waals surface area contributed by atoms with Crippen molar-refractivity contribution >= 4 is 23.3 Å². The number of halogens is 1. The van der Waals surface area contributed by atoms with E-state index in [0.717, 1.165) is 25.9 Å². The predicted octanol–water partition coefficient (Wildman–Crippen LogP) is 4.80. The van der Waals surface area contributed by atoms with Crippen molar-refractivity contribution in [2.75, 3.05) is 23.7 Å². The molecule has 0 radical (unpaired) electrons. The quantitative estimate of drug-likeness (QED) is 0.779. The summed E-state index contributed by atoms with van der Waals surface area (Å²) in [4.78, 5) is 26.3. The minimum Gasteiger partial charge on any atom is -0.326 e. The third-order valence-corrected chi connectivity index (χ3v) is 4.89. The molecule has 5 nitrogen and oxygen atoms in total. The highest BCUT2D eigenvalue weighted by molar-refractivity contribution is 5.92. The van der Waals surface area contributed by atoms with Gasteiger partial charge in [0.05, 0.1) is 0 Å². The van der Waals surface area contributed by atoms with Crippen molar-refractivity contribution in [3.05, 3.63) is 59.9 Å². The summed E-state index contributed by atoms with van der Waals surface area (Å²) >= 11 is 0. The summed E-state index contributed by atoms with van der Waals surface area (Å²) in [7, 11) is 0. The number of benzene rings is 2. The normalized spacial score (nSPS) is 14.2. The van der Waals surface area contributed by atoms with Crippen molar-refractivity contribution in [3.63, 3.8) is 0 Å². The molecule has 0 aromatic heterocycles. The number of carbonyl (C=O) groups is 2. The third-order valence-electron chi connectivity index (χ3n) is 4.89. The Balaban J connectivity index is 1.47. The van der Waals surface area contributed by atoms with Gasteiger partial charge in [-0.1, -0.05) is 31.0 Å². The SMILES string of the molecule is O=C(CCc1ccccc1F)Nc1ccc(NC(=O)N2CCCCCC2)cc1. The zero-order valence-corrected chi connectivity index (χ0v) is 15.9. The van der Waals surface area contributed by atoms with Crippen molar-refractivity contribution in [2.45, 2.75) is 38.5 Å². The fraction of sp³-hybridized carbons (Fsp3) is 0.364. The molecule has 28 heavy (non-hydrogen) atoms. The molecule has 0 bridgehead atoms. The minimum absolute atomic E-state index is 0.0800. The summed E-state index contributed by atoms with van der Waals surface area (Å²) in [6, 6.07) is 13.4. The van der Waals surface area contributed by atoms with Gasteiger partial charge in [0, 0.05) is 30.9 Å². The highest BCUT2D eigenvalue weighted by Gasteiger charge is 2.15. The minimum atomic E-state index is -0.292. The van der Waals surface area contributed by atoms with Crippen molar-refractivity contribution in [3.8, 4) is 0 Å². The Hall–Kier alpha value is -2.89. The predicted molar refractivity (Wildman–Crippen MR) is 109 cm³/mol. The summed E-state index contributed by atoms with van der Waals surface area (Å²) < 4.78 is 13.6. The van der Waals surface area contributed by atoms with Gasteiger partial charge in [-0.05, 0) is 55.2 Å². The first-order valence-electron chi connectivity index (χ1n) is 9.81. The number of hydrogen-bond donors (Lipinski definition) is 2. The van der Waals surface area contributed by atoms with E-state index in [2.05, 4.69) is 10.6 Å². The molecule has 0 atom stereocenters. The second kappa shape index (κ2) is 9.88. The maximum Gasteiger partial charge on any atom is 0.321 e. The van der Waals surface area contributed by atoms with Gasteiger partial charge in [-0.3, -0.25) is 4.79 Å². The lowest BCUT2D eigenvalue weighted by Crippen LogP contribution is -2.35. The van der Waals surface area contributed by atoms with Crippen LogP contribution < -0.4 is 10.6 Å². The molecule has 1 aliphatic rings. The lowest BCUT2D eigenvalue weighted by molar-refractivity contribution is -0.116. The van der Waals surface area contributed by atoms with Crippen LogP contribution in [0.25, 0.3) is 0 Å². The molecular formula is C22H26FN3O2. The van der Waals surface area contributed by atoms with Crippen molar-refractivity contribution in [1.82, 2.24) is 4.90 Å². The topological polar surface area (TPSA) is 61.4 Å². The van der Waals surface area contributed by atoms with Crippen LogP contribution >= 0.6 is 0 Å². The molecule has 6 heteroatoms. The van der Waals surface area contributed by atoms with Gasteiger partial charge in [-0.15, -0.1) is 0 Å². The fourth-order valence-electron chi connectivity index (χ4n) is 3.29. The summed E-state index contributed by atoms with van der Waals surface area (Å²) in [5.41, 5.74) is 1.87. The number of amides is 3. The van der Waals surface area contributed by atoms with Crippen molar-refractivity contribution in [1.29, 1.82) is 0 Å². The Morgan fingerprint density at radius 2 is 1.46 bits per heavy atom. The van der Waals surface area contributed by atoms with Gasteiger partial charge in [-0.25, -0.2) is 9.18 Å². The maximum absolute atomic E-state index is 13.6. The highest BCUT2D eigenvalue weighted by atomic mass is 19.1. The third kappa shape index (κ3) is 5.81. The highest BCUT2D eigenvalue weighted by Crippen LogP contribution is 2.17. The molecule has 0 spiro atoms. The number of urea groups is 1. The lowest BCUT2D eigenvalue weighted by atomic mass is 10.1. The molecule has 1 saturated heterocycles. The van der Waals surface area contributed by atoms with Crippen LogP contribution in [-0.2, 0) is 11.2 Å². The Bertz CT molecular complexity index is 800. The van der Waals surface area contributed by atoms with Gasteiger partial charge in [0.1, 0.15) is 5.82 Å². The number of hydrogen-bond acceptors (Lipinski definition) is 2. The monoisotopic (exact) mass is 383 g/mol. The molecule has 1 aliphatic heterocycles. The van der Waals surface area contributed by atoms with E-state index < -0.39 is 0 Å². The van der Waals surface area contributed by atoms with Crippen LogP contribution in [0, 0.1) is 5.82 Å². The van der Waals surface area contributed by atoms with Gasteiger partial charge in [0.2, 0.25) is 5.91 Å². The van der Waals surface area contributed by atoms with E-state index in [4.69, 9.17) is 0 Å². The molecular weight excluding hydrogens is 357 g/mol. The van der Waals surface area contributed by atoms with Crippen LogP contribution in [0.1, 0.15) is 37.7 Å². The molecule has 2 aromatic carbocycles. The smallest absolute Gasteiger partial charge is 0.321 e. The number of anilines is 2. The van der Waals surface area contributed by atoms with Gasteiger partial charge >= 0.3 is 6.03 Å². The summed E-state index contributed by atoms with van der Waals surface area (Å²) in [5, 5.41) is 5.70. The molecule has 0 unspecified atom stereocenters. The zero-order chi connectivity index (χ0) is 19.8. The molecule has 1 heterocycles. The van der Waals surface area contributed by atoms with E-state index in [1.165, 1.54) is 18.9 Å². The van der Waals surface area contributed by atoms with E-state index in [1.54, 1.807) is 42.5 Å². The fourth-order valence-corrected chi connectivity index (χ4v) is 3.29. The van der Waals surface area contributed by atoms with E-state index in [0.29, 0.717) is 23.4 Å². The van der Waals surface area contributed by atoms with E-state index in [-0.39, 0.29) is 24.2 Å². The first kappa shape index (κ1) is 19.9. The largest absolute Gasteiger partial charge is 0.326 e. The first-order valence-corrected chi connectivity index (χ1v) is 9.81. The second-order valence-corrected chi connectivity index (χ2v) is 7.05. The van der Waals surface area contributed by atoms with Gasteiger partial charge < -0.3 is 15.5 Å².